The fourth-order valence-electron chi connectivity index (χ4n) is 2.39. The summed E-state index contributed by atoms with van der Waals surface area (Å²) in [5.41, 5.74) is 4.62. The molecule has 0 saturated carbocycles. The van der Waals surface area contributed by atoms with Crippen molar-refractivity contribution in [3.05, 3.63) is 34.9 Å². The number of hydrogen-bond donors (Lipinski definition) is 0. The van der Waals surface area contributed by atoms with Crippen molar-refractivity contribution < 1.29 is 0 Å². The normalized spacial score (nSPS) is 16.4. The summed E-state index contributed by atoms with van der Waals surface area (Å²) in [5.74, 6) is 1.43. The van der Waals surface area contributed by atoms with E-state index in [9.17, 15) is 0 Å². The first-order chi connectivity index (χ1) is 7.33. The molecule has 0 saturated heterocycles. The van der Waals surface area contributed by atoms with Crippen molar-refractivity contribution >= 4 is 11.6 Å². The van der Waals surface area contributed by atoms with Crippen molar-refractivity contribution in [3.63, 3.8) is 0 Å². The van der Waals surface area contributed by atoms with Crippen LogP contribution in [0, 0.1) is 5.92 Å². The fraction of sp³-hybridized carbons (Fsp3) is 0.571. The second kappa shape index (κ2) is 5.03. The van der Waals surface area contributed by atoms with Crippen LogP contribution in [-0.4, -0.2) is 5.88 Å². The van der Waals surface area contributed by atoms with E-state index in [-0.39, 0.29) is 0 Å². The summed E-state index contributed by atoms with van der Waals surface area (Å²) in [6, 6.07) is 7.01. The number of alkyl halides is 1. The van der Waals surface area contributed by atoms with Crippen molar-refractivity contribution in [3.8, 4) is 0 Å². The van der Waals surface area contributed by atoms with Crippen LogP contribution in [0.5, 0.6) is 0 Å². The summed E-state index contributed by atoms with van der Waals surface area (Å²) >= 11 is 5.93. The molecule has 1 aromatic rings. The van der Waals surface area contributed by atoms with Crippen molar-refractivity contribution in [1.29, 1.82) is 0 Å². The molecule has 1 heteroatoms. The molecular weight excluding hydrogens is 204 g/mol. The van der Waals surface area contributed by atoms with Crippen molar-refractivity contribution in [1.82, 2.24) is 0 Å². The van der Waals surface area contributed by atoms with Gasteiger partial charge in [0.1, 0.15) is 0 Å². The largest absolute Gasteiger partial charge is 0.126 e. The Morgan fingerprint density at radius 3 is 2.80 bits per heavy atom. The Hall–Kier alpha value is -0.490. The minimum absolute atomic E-state index is 0.645. The Bertz CT molecular complexity index is 326. The highest BCUT2D eigenvalue weighted by atomic mass is 35.5. The number of aryl methyl sites for hydroxylation is 2. The zero-order valence-electron chi connectivity index (χ0n) is 9.43. The smallest absolute Gasteiger partial charge is 0.0254 e. The first-order valence-electron chi connectivity index (χ1n) is 6.00. The summed E-state index contributed by atoms with van der Waals surface area (Å²) in [6.07, 6.45) is 6.22. The van der Waals surface area contributed by atoms with Crippen LogP contribution in [0.4, 0.5) is 0 Å². The maximum Gasteiger partial charge on any atom is 0.0254 e. The lowest BCUT2D eigenvalue weighted by Crippen LogP contribution is -2.05. The molecule has 2 rings (SSSR count). The van der Waals surface area contributed by atoms with Crippen LogP contribution in [0.1, 0.15) is 36.5 Å². The van der Waals surface area contributed by atoms with Gasteiger partial charge in [-0.15, -0.1) is 11.6 Å². The van der Waals surface area contributed by atoms with Gasteiger partial charge in [0.25, 0.3) is 0 Å². The van der Waals surface area contributed by atoms with E-state index >= 15 is 0 Å². The number of rotatable bonds is 4. The van der Waals surface area contributed by atoms with E-state index < -0.39 is 0 Å². The van der Waals surface area contributed by atoms with E-state index in [2.05, 4.69) is 25.1 Å². The van der Waals surface area contributed by atoms with E-state index in [1.165, 1.54) is 31.2 Å². The third-order valence-electron chi connectivity index (χ3n) is 3.48. The predicted molar refractivity (Wildman–Crippen MR) is 66.7 cm³/mol. The molecule has 0 radical (unpaired) electrons. The van der Waals surface area contributed by atoms with Crippen LogP contribution in [0.25, 0.3) is 0 Å². The van der Waals surface area contributed by atoms with Gasteiger partial charge in [-0.3, -0.25) is 0 Å². The van der Waals surface area contributed by atoms with E-state index in [1.807, 2.05) is 0 Å². The van der Waals surface area contributed by atoms with Gasteiger partial charge >= 0.3 is 0 Å². The van der Waals surface area contributed by atoms with Crippen LogP contribution in [-0.2, 0) is 19.3 Å². The van der Waals surface area contributed by atoms with Crippen molar-refractivity contribution in [2.45, 2.75) is 39.0 Å². The monoisotopic (exact) mass is 222 g/mol. The van der Waals surface area contributed by atoms with Gasteiger partial charge in [-0.1, -0.05) is 31.5 Å². The van der Waals surface area contributed by atoms with E-state index in [1.54, 1.807) is 11.1 Å². The molecule has 0 aromatic heterocycles. The van der Waals surface area contributed by atoms with E-state index in [0.717, 1.165) is 12.3 Å². The Labute approximate surface area is 97.6 Å². The van der Waals surface area contributed by atoms with Crippen LogP contribution >= 0.6 is 11.6 Å². The SMILES string of the molecule is CCC(CCl)Cc1ccc2c(c1)CCC2. The summed E-state index contributed by atoms with van der Waals surface area (Å²) in [6.45, 7) is 2.22. The maximum atomic E-state index is 5.93. The van der Waals surface area contributed by atoms with Gasteiger partial charge in [-0.05, 0) is 48.3 Å². The average Bonchev–Trinajstić information content (AvgIpc) is 2.73. The molecular formula is C14H19Cl. The van der Waals surface area contributed by atoms with Crippen LogP contribution < -0.4 is 0 Å². The van der Waals surface area contributed by atoms with Gasteiger partial charge < -0.3 is 0 Å². The zero-order chi connectivity index (χ0) is 10.7. The molecule has 0 bridgehead atoms. The Morgan fingerprint density at radius 2 is 2.07 bits per heavy atom. The Balaban J connectivity index is 2.09. The lowest BCUT2D eigenvalue weighted by atomic mass is 9.96. The minimum atomic E-state index is 0.645. The van der Waals surface area contributed by atoms with Crippen LogP contribution in [0.2, 0.25) is 0 Å². The van der Waals surface area contributed by atoms with Gasteiger partial charge in [0, 0.05) is 5.88 Å². The van der Waals surface area contributed by atoms with Gasteiger partial charge in [0.2, 0.25) is 0 Å². The zero-order valence-corrected chi connectivity index (χ0v) is 10.2. The molecule has 0 nitrogen and oxygen atoms in total. The molecule has 1 aliphatic rings. The van der Waals surface area contributed by atoms with Gasteiger partial charge in [-0.25, -0.2) is 0 Å². The molecule has 0 spiro atoms. The number of halogens is 1. The summed E-state index contributed by atoms with van der Waals surface area (Å²) in [4.78, 5) is 0. The van der Waals surface area contributed by atoms with Gasteiger partial charge in [0.15, 0.2) is 0 Å². The molecule has 1 unspecified atom stereocenters. The highest BCUT2D eigenvalue weighted by molar-refractivity contribution is 6.18. The van der Waals surface area contributed by atoms with E-state index in [0.29, 0.717) is 5.92 Å². The quantitative estimate of drug-likeness (QED) is 0.676. The molecule has 0 aliphatic heterocycles. The molecule has 82 valence electrons. The standard InChI is InChI=1S/C14H19Cl/c1-2-11(10-15)8-12-6-7-13-4-3-5-14(13)9-12/h6-7,9,11H,2-5,8,10H2,1H3. The van der Waals surface area contributed by atoms with Crippen LogP contribution in [0.3, 0.4) is 0 Å². The fourth-order valence-corrected chi connectivity index (χ4v) is 2.72. The molecule has 1 aromatic carbocycles. The summed E-state index contributed by atoms with van der Waals surface area (Å²) in [5, 5.41) is 0. The lowest BCUT2D eigenvalue weighted by molar-refractivity contribution is 0.566. The minimum Gasteiger partial charge on any atom is -0.126 e. The maximum absolute atomic E-state index is 5.93. The van der Waals surface area contributed by atoms with Gasteiger partial charge in [0.05, 0.1) is 0 Å². The average molecular weight is 223 g/mol. The number of fused-ring (bicyclic) bond motifs is 1. The van der Waals surface area contributed by atoms with Crippen molar-refractivity contribution in [2.24, 2.45) is 5.92 Å². The molecule has 0 fully saturated rings. The lowest BCUT2D eigenvalue weighted by Gasteiger charge is -2.12. The van der Waals surface area contributed by atoms with Crippen LogP contribution in [0.15, 0.2) is 18.2 Å². The second-order valence-electron chi connectivity index (χ2n) is 4.59. The first-order valence-corrected chi connectivity index (χ1v) is 6.53. The number of hydrogen-bond acceptors (Lipinski definition) is 0. The highest BCUT2D eigenvalue weighted by Gasteiger charge is 2.12. The highest BCUT2D eigenvalue weighted by Crippen LogP contribution is 2.24. The summed E-state index contributed by atoms with van der Waals surface area (Å²) in [7, 11) is 0. The number of benzene rings is 1. The Morgan fingerprint density at radius 1 is 1.27 bits per heavy atom. The summed E-state index contributed by atoms with van der Waals surface area (Å²) < 4.78 is 0. The van der Waals surface area contributed by atoms with E-state index in [4.69, 9.17) is 11.6 Å². The molecule has 0 N–H and O–H groups in total. The molecule has 0 amide bonds. The molecule has 0 heterocycles. The topological polar surface area (TPSA) is 0 Å². The molecule has 15 heavy (non-hydrogen) atoms. The second-order valence-corrected chi connectivity index (χ2v) is 4.90. The molecule has 1 atom stereocenters. The first kappa shape index (κ1) is 11.0. The molecule has 1 aliphatic carbocycles. The van der Waals surface area contributed by atoms with Gasteiger partial charge in [-0.2, -0.15) is 0 Å². The third kappa shape index (κ3) is 2.55. The Kier molecular flexibility index (Phi) is 3.69. The third-order valence-corrected chi connectivity index (χ3v) is 3.92. The predicted octanol–water partition coefficient (Wildman–Crippen LogP) is 3.98. The van der Waals surface area contributed by atoms with Crippen molar-refractivity contribution in [2.75, 3.05) is 5.88 Å².